The van der Waals surface area contributed by atoms with Crippen molar-refractivity contribution in [1.82, 2.24) is 4.57 Å². The van der Waals surface area contributed by atoms with Gasteiger partial charge in [0.15, 0.2) is 0 Å². The Bertz CT molecular complexity index is 1120. The third kappa shape index (κ3) is 3.63. The highest BCUT2D eigenvalue weighted by Gasteiger charge is 2.19. The molecule has 0 aliphatic heterocycles. The minimum absolute atomic E-state index is 0.193. The van der Waals surface area contributed by atoms with Gasteiger partial charge in [0.25, 0.3) is 0 Å². The molecule has 0 bridgehead atoms. The zero-order valence-electron chi connectivity index (χ0n) is 17.0. The van der Waals surface area contributed by atoms with Crippen molar-refractivity contribution in [2.45, 2.75) is 33.2 Å². The van der Waals surface area contributed by atoms with Crippen LogP contribution in [0.4, 0.5) is 0 Å². The zero-order chi connectivity index (χ0) is 19.7. The maximum Gasteiger partial charge on any atom is 0.140 e. The van der Waals surface area contributed by atoms with Crippen molar-refractivity contribution in [3.8, 4) is 11.3 Å². The van der Waals surface area contributed by atoms with E-state index in [9.17, 15) is 0 Å². The first-order chi connectivity index (χ1) is 13.4. The van der Waals surface area contributed by atoms with E-state index in [2.05, 4.69) is 111 Å². The van der Waals surface area contributed by atoms with Crippen molar-refractivity contribution < 1.29 is 0 Å². The van der Waals surface area contributed by atoms with Crippen molar-refractivity contribution in [2.24, 2.45) is 4.99 Å². The van der Waals surface area contributed by atoms with Gasteiger partial charge in [0.05, 0.1) is 16.7 Å². The number of aromatic nitrogens is 1. The van der Waals surface area contributed by atoms with Crippen LogP contribution in [0.3, 0.4) is 0 Å². The van der Waals surface area contributed by atoms with Gasteiger partial charge in [-0.3, -0.25) is 9.56 Å². The molecule has 1 aromatic heterocycles. The number of hydrogen-bond acceptors (Lipinski definition) is 1. The van der Waals surface area contributed by atoms with Crippen molar-refractivity contribution >= 4 is 16.7 Å². The van der Waals surface area contributed by atoms with E-state index in [1.54, 1.807) is 0 Å². The van der Waals surface area contributed by atoms with Crippen LogP contribution < -0.4 is 0 Å². The molecule has 0 N–H and O–H groups in total. The fourth-order valence-corrected chi connectivity index (χ4v) is 3.47. The van der Waals surface area contributed by atoms with Crippen LogP contribution in [0.25, 0.3) is 22.2 Å². The van der Waals surface area contributed by atoms with E-state index in [1.165, 1.54) is 22.0 Å². The maximum absolute atomic E-state index is 5.16. The molecule has 0 radical (unpaired) electrons. The topological polar surface area (TPSA) is 17.3 Å². The van der Waals surface area contributed by atoms with E-state index in [-0.39, 0.29) is 5.54 Å². The molecule has 0 spiro atoms. The quantitative estimate of drug-likeness (QED) is 0.277. The molecule has 28 heavy (non-hydrogen) atoms. The van der Waals surface area contributed by atoms with Gasteiger partial charge in [-0.2, -0.15) is 0 Å². The van der Waals surface area contributed by atoms with Crippen molar-refractivity contribution in [2.75, 3.05) is 0 Å². The number of benzene rings is 3. The molecular formula is C26H26N2. The van der Waals surface area contributed by atoms with Gasteiger partial charge in [-0.05, 0) is 45.4 Å². The van der Waals surface area contributed by atoms with Crippen LogP contribution >= 0.6 is 0 Å². The second-order valence-corrected chi connectivity index (χ2v) is 8.26. The zero-order valence-corrected chi connectivity index (χ0v) is 17.0. The van der Waals surface area contributed by atoms with E-state index < -0.39 is 0 Å². The lowest BCUT2D eigenvalue weighted by atomic mass is 10.1. The summed E-state index contributed by atoms with van der Waals surface area (Å²) in [7, 11) is 0. The van der Waals surface area contributed by atoms with Gasteiger partial charge in [-0.1, -0.05) is 78.4 Å². The lowest BCUT2D eigenvalue weighted by Gasteiger charge is -2.20. The molecule has 0 aliphatic carbocycles. The predicted molar refractivity (Wildman–Crippen MR) is 120 cm³/mol. The van der Waals surface area contributed by atoms with Crippen LogP contribution in [0.5, 0.6) is 0 Å². The average Bonchev–Trinajstić information content (AvgIpc) is 3.06. The summed E-state index contributed by atoms with van der Waals surface area (Å²) in [5.41, 5.74) is 5.71. The van der Waals surface area contributed by atoms with E-state index in [0.29, 0.717) is 0 Å². The standard InChI is InChI=1S/C26H26N2/c1-19-14-16-20(17-15-19)24-18-22-12-8-9-13-23(22)28(24)25(27-26(2,3)4)21-10-6-5-7-11-21/h5-18H,1-4H3. The first kappa shape index (κ1) is 18.2. The van der Waals surface area contributed by atoms with Gasteiger partial charge in [-0.25, -0.2) is 0 Å². The molecular weight excluding hydrogens is 340 g/mol. The summed E-state index contributed by atoms with van der Waals surface area (Å²) in [5, 5.41) is 1.22. The molecule has 2 nitrogen and oxygen atoms in total. The molecule has 0 unspecified atom stereocenters. The number of aliphatic imine (C=N–C) groups is 1. The van der Waals surface area contributed by atoms with Crippen LogP contribution in [-0.4, -0.2) is 15.9 Å². The third-order valence-corrected chi connectivity index (χ3v) is 4.74. The van der Waals surface area contributed by atoms with Gasteiger partial charge >= 0.3 is 0 Å². The first-order valence-corrected chi connectivity index (χ1v) is 9.75. The average molecular weight is 367 g/mol. The van der Waals surface area contributed by atoms with Gasteiger partial charge in [-0.15, -0.1) is 0 Å². The summed E-state index contributed by atoms with van der Waals surface area (Å²) in [6, 6.07) is 30.0. The monoisotopic (exact) mass is 366 g/mol. The van der Waals surface area contributed by atoms with Crippen LogP contribution in [0.1, 0.15) is 31.9 Å². The van der Waals surface area contributed by atoms with Gasteiger partial charge in [0, 0.05) is 10.9 Å². The Balaban J connectivity index is 2.06. The number of rotatable bonds is 2. The maximum atomic E-state index is 5.16. The highest BCUT2D eigenvalue weighted by Crippen LogP contribution is 2.30. The lowest BCUT2D eigenvalue weighted by molar-refractivity contribution is 0.581. The molecule has 4 aromatic rings. The Morgan fingerprint density at radius 3 is 2.11 bits per heavy atom. The summed E-state index contributed by atoms with van der Waals surface area (Å²) >= 11 is 0. The fourth-order valence-electron chi connectivity index (χ4n) is 3.47. The van der Waals surface area contributed by atoms with Crippen LogP contribution in [-0.2, 0) is 0 Å². The Morgan fingerprint density at radius 1 is 0.786 bits per heavy atom. The summed E-state index contributed by atoms with van der Waals surface area (Å²) in [5.74, 6) is 0.977. The van der Waals surface area contributed by atoms with Gasteiger partial charge in [0.2, 0.25) is 0 Å². The van der Waals surface area contributed by atoms with Gasteiger partial charge in [0.1, 0.15) is 5.84 Å². The predicted octanol–water partition coefficient (Wildman–Crippen LogP) is 6.71. The Morgan fingerprint density at radius 2 is 1.43 bits per heavy atom. The molecule has 0 saturated heterocycles. The Hall–Kier alpha value is -3.13. The summed E-state index contributed by atoms with van der Waals surface area (Å²) in [6.45, 7) is 8.56. The van der Waals surface area contributed by atoms with E-state index in [0.717, 1.165) is 17.1 Å². The van der Waals surface area contributed by atoms with Crippen molar-refractivity contribution in [3.63, 3.8) is 0 Å². The molecule has 3 aromatic carbocycles. The van der Waals surface area contributed by atoms with E-state index in [4.69, 9.17) is 4.99 Å². The molecule has 0 saturated carbocycles. The SMILES string of the molecule is Cc1ccc(-c2cc3ccccc3n2C(=NC(C)(C)C)c2ccccc2)cc1. The van der Waals surface area contributed by atoms with Gasteiger partial charge < -0.3 is 0 Å². The molecule has 2 heteroatoms. The smallest absolute Gasteiger partial charge is 0.140 e. The van der Waals surface area contributed by atoms with Crippen LogP contribution in [0.15, 0.2) is 89.9 Å². The molecule has 0 amide bonds. The molecule has 0 fully saturated rings. The minimum Gasteiger partial charge on any atom is -0.294 e. The Labute approximate surface area is 167 Å². The van der Waals surface area contributed by atoms with E-state index in [1.807, 2.05) is 6.07 Å². The fraction of sp³-hybridized carbons (Fsp3) is 0.192. The van der Waals surface area contributed by atoms with Crippen LogP contribution in [0.2, 0.25) is 0 Å². The molecule has 4 rings (SSSR count). The first-order valence-electron chi connectivity index (χ1n) is 9.75. The molecule has 1 heterocycles. The largest absolute Gasteiger partial charge is 0.294 e. The lowest BCUT2D eigenvalue weighted by Crippen LogP contribution is -2.21. The second kappa shape index (κ2) is 7.12. The number of fused-ring (bicyclic) bond motifs is 1. The molecule has 140 valence electrons. The van der Waals surface area contributed by atoms with E-state index >= 15 is 0 Å². The third-order valence-electron chi connectivity index (χ3n) is 4.74. The number of aryl methyl sites for hydroxylation is 1. The second-order valence-electron chi connectivity index (χ2n) is 8.26. The highest BCUT2D eigenvalue weighted by molar-refractivity contribution is 6.09. The number of hydrogen-bond donors (Lipinski definition) is 0. The number of para-hydroxylation sites is 1. The highest BCUT2D eigenvalue weighted by atomic mass is 15.1. The Kier molecular flexibility index (Phi) is 4.64. The minimum atomic E-state index is -0.193. The normalized spacial score (nSPS) is 12.5. The molecule has 0 aliphatic rings. The molecule has 0 atom stereocenters. The van der Waals surface area contributed by atoms with Crippen LogP contribution in [0, 0.1) is 6.92 Å². The number of nitrogens with zero attached hydrogens (tertiary/aromatic N) is 2. The van der Waals surface area contributed by atoms with Crippen molar-refractivity contribution in [3.05, 3.63) is 96.1 Å². The van der Waals surface area contributed by atoms with Crippen molar-refractivity contribution in [1.29, 1.82) is 0 Å². The summed E-state index contributed by atoms with van der Waals surface area (Å²) < 4.78 is 2.31. The summed E-state index contributed by atoms with van der Waals surface area (Å²) in [4.78, 5) is 5.16. The summed E-state index contributed by atoms with van der Waals surface area (Å²) in [6.07, 6.45) is 0.